The average Bonchev–Trinajstić information content (AvgIpc) is 3.18. The first-order chi connectivity index (χ1) is 12.9. The second kappa shape index (κ2) is 6.56. The topological polar surface area (TPSA) is 71.8 Å². The summed E-state index contributed by atoms with van der Waals surface area (Å²) in [6.07, 6.45) is 1.66. The average molecular weight is 393 g/mol. The molecule has 0 spiro atoms. The van der Waals surface area contributed by atoms with Gasteiger partial charge in [-0.1, -0.05) is 11.2 Å². The maximum absolute atomic E-state index is 13.7. The van der Waals surface area contributed by atoms with E-state index in [1.54, 1.807) is 6.26 Å². The van der Waals surface area contributed by atoms with Crippen molar-refractivity contribution in [1.29, 1.82) is 0 Å². The molecule has 0 aliphatic heterocycles. The van der Waals surface area contributed by atoms with Gasteiger partial charge in [0.2, 0.25) is 0 Å². The van der Waals surface area contributed by atoms with Crippen LogP contribution in [0.15, 0.2) is 40.1 Å². The highest BCUT2D eigenvalue weighted by molar-refractivity contribution is 7.98. The Kier molecular flexibility index (Phi) is 4.33. The molecule has 1 aromatic carbocycles. The number of halogens is 3. The molecule has 1 saturated carbocycles. The van der Waals surface area contributed by atoms with Crippen LogP contribution in [0.4, 0.5) is 13.2 Å². The highest BCUT2D eigenvalue weighted by Crippen LogP contribution is 2.45. The number of hydrogen-bond acceptors (Lipinski definition) is 5. The number of imidazole rings is 1. The molecule has 4 rings (SSSR count). The van der Waals surface area contributed by atoms with Crippen LogP contribution in [0.25, 0.3) is 11.4 Å². The Hall–Kier alpha value is -2.55. The summed E-state index contributed by atoms with van der Waals surface area (Å²) in [5.74, 6) is 0.00966. The van der Waals surface area contributed by atoms with Gasteiger partial charge in [-0.15, -0.1) is 11.8 Å². The van der Waals surface area contributed by atoms with Crippen molar-refractivity contribution >= 4 is 17.5 Å². The van der Waals surface area contributed by atoms with Crippen molar-refractivity contribution < 1.29 is 22.5 Å². The van der Waals surface area contributed by atoms with Crippen LogP contribution < -0.4 is 0 Å². The van der Waals surface area contributed by atoms with Crippen LogP contribution in [0.5, 0.6) is 0 Å². The van der Waals surface area contributed by atoms with E-state index in [1.807, 2.05) is 0 Å². The molecule has 9 heteroatoms. The normalized spacial score (nSPS) is 14.5. The third-order valence-electron chi connectivity index (χ3n) is 4.40. The van der Waals surface area contributed by atoms with Crippen molar-refractivity contribution in [3.63, 3.8) is 0 Å². The fourth-order valence-corrected chi connectivity index (χ4v) is 3.45. The Morgan fingerprint density at radius 1 is 1.33 bits per heavy atom. The summed E-state index contributed by atoms with van der Waals surface area (Å²) < 4.78 is 46.4. The van der Waals surface area contributed by atoms with Crippen molar-refractivity contribution in [2.45, 2.75) is 30.0 Å². The van der Waals surface area contributed by atoms with E-state index in [9.17, 15) is 18.0 Å². The van der Waals surface area contributed by atoms with Crippen LogP contribution in [0.1, 0.15) is 46.0 Å². The Morgan fingerprint density at radius 2 is 2.11 bits per heavy atom. The van der Waals surface area contributed by atoms with Crippen LogP contribution in [-0.4, -0.2) is 27.2 Å². The molecule has 2 heterocycles. The van der Waals surface area contributed by atoms with E-state index < -0.39 is 23.1 Å². The van der Waals surface area contributed by atoms with Crippen molar-refractivity contribution in [1.82, 2.24) is 15.1 Å². The second-order valence-electron chi connectivity index (χ2n) is 6.23. The van der Waals surface area contributed by atoms with Gasteiger partial charge in [0.15, 0.2) is 16.6 Å². The maximum Gasteiger partial charge on any atom is 0.417 e. The zero-order chi connectivity index (χ0) is 19.2. The number of carbonyl (C=O) groups excluding carboxylic acids is 1. The number of hydrogen-bond donors (Lipinski definition) is 1. The maximum atomic E-state index is 13.7. The SMILES string of the molecule is CSc1noc(C2CC2)c1C(=O)c1ccc(-c2ncc[nH]2)cc1C(F)(F)F. The second-order valence-corrected chi connectivity index (χ2v) is 7.03. The third-order valence-corrected chi connectivity index (χ3v) is 5.06. The molecule has 2 aromatic heterocycles. The fourth-order valence-electron chi connectivity index (χ4n) is 2.94. The quantitative estimate of drug-likeness (QED) is 0.492. The number of nitrogens with zero attached hydrogens (tertiary/aromatic N) is 2. The number of aromatic nitrogens is 3. The lowest BCUT2D eigenvalue weighted by molar-refractivity contribution is -0.137. The minimum Gasteiger partial charge on any atom is -0.359 e. The smallest absolute Gasteiger partial charge is 0.359 e. The van der Waals surface area contributed by atoms with E-state index in [4.69, 9.17) is 4.52 Å². The van der Waals surface area contributed by atoms with E-state index in [-0.39, 0.29) is 17.0 Å². The minimum absolute atomic E-state index is 0.0501. The van der Waals surface area contributed by atoms with Crippen LogP contribution >= 0.6 is 11.8 Å². The first kappa shape index (κ1) is 17.8. The number of thioether (sulfide) groups is 1. The van der Waals surface area contributed by atoms with Crippen molar-refractivity contribution in [3.8, 4) is 11.4 Å². The van der Waals surface area contributed by atoms with Crippen molar-refractivity contribution in [3.05, 3.63) is 53.0 Å². The lowest BCUT2D eigenvalue weighted by atomic mass is 9.95. The molecule has 0 amide bonds. The van der Waals surface area contributed by atoms with Gasteiger partial charge >= 0.3 is 6.18 Å². The highest BCUT2D eigenvalue weighted by Gasteiger charge is 2.40. The number of aromatic amines is 1. The first-order valence-corrected chi connectivity index (χ1v) is 9.42. The number of alkyl halides is 3. The first-order valence-electron chi connectivity index (χ1n) is 8.19. The van der Waals surface area contributed by atoms with E-state index in [1.165, 1.54) is 36.3 Å². The Balaban J connectivity index is 1.84. The largest absolute Gasteiger partial charge is 0.417 e. The monoisotopic (exact) mass is 393 g/mol. The standard InChI is InChI=1S/C18H14F3N3O2S/c1-27-17-13(15(26-24-17)9-2-3-9)14(25)11-5-4-10(16-22-6-7-23-16)8-12(11)18(19,20)21/h4-9H,2-3H2,1H3,(H,22,23). The van der Waals surface area contributed by atoms with Crippen LogP contribution in [0.2, 0.25) is 0 Å². The summed E-state index contributed by atoms with van der Waals surface area (Å²) in [7, 11) is 0. The van der Waals surface area contributed by atoms with Crippen molar-refractivity contribution in [2.75, 3.05) is 6.26 Å². The Morgan fingerprint density at radius 3 is 2.70 bits per heavy atom. The van der Waals surface area contributed by atoms with Gasteiger partial charge in [-0.3, -0.25) is 4.79 Å². The molecule has 0 bridgehead atoms. The third kappa shape index (κ3) is 3.27. The molecule has 0 radical (unpaired) electrons. The summed E-state index contributed by atoms with van der Waals surface area (Å²) in [6.45, 7) is 0. The number of rotatable bonds is 5. The van der Waals surface area contributed by atoms with Crippen molar-refractivity contribution in [2.24, 2.45) is 0 Å². The molecule has 1 N–H and O–H groups in total. The van der Waals surface area contributed by atoms with Gasteiger partial charge in [-0.25, -0.2) is 4.98 Å². The van der Waals surface area contributed by atoms with Crippen LogP contribution in [0.3, 0.4) is 0 Å². The predicted molar refractivity (Wildman–Crippen MR) is 92.7 cm³/mol. The summed E-state index contributed by atoms with van der Waals surface area (Å²) in [4.78, 5) is 19.8. The molecule has 3 aromatic rings. The summed E-state index contributed by atoms with van der Waals surface area (Å²) in [5.41, 5.74) is -1.03. The van der Waals surface area contributed by atoms with Crippen LogP contribution in [-0.2, 0) is 6.18 Å². The van der Waals surface area contributed by atoms with E-state index in [2.05, 4.69) is 15.1 Å². The van der Waals surface area contributed by atoms with Crippen LogP contribution in [0, 0.1) is 0 Å². The molecule has 0 unspecified atom stereocenters. The number of H-pyrrole nitrogens is 1. The molecule has 1 fully saturated rings. The van der Waals surface area contributed by atoms with Gasteiger partial charge in [-0.05, 0) is 31.2 Å². The Bertz CT molecular complexity index is 992. The summed E-state index contributed by atoms with van der Waals surface area (Å²) >= 11 is 1.18. The predicted octanol–water partition coefficient (Wildman–Crippen LogP) is 4.91. The molecule has 0 saturated heterocycles. The summed E-state index contributed by atoms with van der Waals surface area (Å²) in [5, 5.41) is 4.17. The van der Waals surface area contributed by atoms with Gasteiger partial charge in [0.1, 0.15) is 5.82 Å². The summed E-state index contributed by atoms with van der Waals surface area (Å²) in [6, 6.07) is 3.58. The number of nitrogens with one attached hydrogen (secondary N) is 1. The van der Waals surface area contributed by atoms with E-state index >= 15 is 0 Å². The highest BCUT2D eigenvalue weighted by atomic mass is 32.2. The van der Waals surface area contributed by atoms with E-state index in [0.29, 0.717) is 16.6 Å². The van der Waals surface area contributed by atoms with E-state index in [0.717, 1.165) is 18.9 Å². The zero-order valence-corrected chi connectivity index (χ0v) is 14.9. The lowest BCUT2D eigenvalue weighted by Crippen LogP contribution is -2.15. The Labute approximate surface area is 156 Å². The lowest BCUT2D eigenvalue weighted by Gasteiger charge is -2.13. The minimum atomic E-state index is -4.69. The van der Waals surface area contributed by atoms with Gasteiger partial charge in [-0.2, -0.15) is 13.2 Å². The number of ketones is 1. The molecular weight excluding hydrogens is 379 g/mol. The number of benzene rings is 1. The van der Waals surface area contributed by atoms with Gasteiger partial charge < -0.3 is 9.51 Å². The molecule has 140 valence electrons. The number of carbonyl (C=O) groups is 1. The molecule has 5 nitrogen and oxygen atoms in total. The molecule has 27 heavy (non-hydrogen) atoms. The molecule has 0 atom stereocenters. The molecule has 1 aliphatic carbocycles. The fraction of sp³-hybridized carbons (Fsp3) is 0.278. The van der Waals surface area contributed by atoms with Gasteiger partial charge in [0.05, 0.1) is 11.1 Å². The van der Waals surface area contributed by atoms with Gasteiger partial charge in [0, 0.05) is 29.4 Å². The van der Waals surface area contributed by atoms with Gasteiger partial charge in [0.25, 0.3) is 0 Å². The zero-order valence-electron chi connectivity index (χ0n) is 14.1. The molecule has 1 aliphatic rings. The molecular formula is C18H14F3N3O2S.